The molecule has 1 atom stereocenters. The first-order chi connectivity index (χ1) is 21.2. The number of imidazole rings is 1. The van der Waals surface area contributed by atoms with Gasteiger partial charge in [0.1, 0.15) is 35.0 Å². The molecule has 4 aromatic rings. The average Bonchev–Trinajstić information content (AvgIpc) is 3.26. The Morgan fingerprint density at radius 2 is 1.86 bits per heavy atom. The summed E-state index contributed by atoms with van der Waals surface area (Å²) in [5, 5.41) is 9.94. The fourth-order valence-corrected chi connectivity index (χ4v) is 5.57. The van der Waals surface area contributed by atoms with E-state index in [9.17, 15) is 14.9 Å². The van der Waals surface area contributed by atoms with E-state index in [-0.39, 0.29) is 41.6 Å². The number of hydrogen-bond acceptors (Lipinski definition) is 9. The molecule has 226 valence electrons. The molecule has 1 amide bonds. The van der Waals surface area contributed by atoms with E-state index in [1.165, 1.54) is 15.5 Å². The van der Waals surface area contributed by atoms with Gasteiger partial charge in [-0.15, -0.1) is 0 Å². The van der Waals surface area contributed by atoms with Gasteiger partial charge in [0.25, 0.3) is 5.91 Å². The highest BCUT2D eigenvalue weighted by atomic mass is 16.5. The molecular weight excluding hydrogens is 560 g/mol. The van der Waals surface area contributed by atoms with Crippen molar-refractivity contribution in [2.75, 3.05) is 32.5 Å². The number of carbonyl (C=O) groups is 1. The minimum absolute atomic E-state index is 0.0750. The van der Waals surface area contributed by atoms with Gasteiger partial charge in [-0.3, -0.25) is 18.8 Å². The minimum atomic E-state index is -0.532. The highest BCUT2D eigenvalue weighted by Crippen LogP contribution is 2.28. The topological polar surface area (TPSA) is 145 Å². The number of aromatic nitrogens is 4. The highest BCUT2D eigenvalue weighted by Gasteiger charge is 2.38. The normalized spacial score (nSPS) is 17.3. The lowest BCUT2D eigenvalue weighted by atomic mass is 9.95. The summed E-state index contributed by atoms with van der Waals surface area (Å²) in [6.07, 6.45) is 3.72. The molecule has 6 rings (SSSR count). The standard InChI is InChI=1S/C32H34N8O4/c1-32(2,37(3)24-18-43-19-24)15-21(16-33)30(41)38-14-13-23(38)17-39-29-27(28(34)35-20-36-29)40(31(39)42)22-9-11-26(12-10-22)44-25-7-5-4-6-8-25/h4-12,15,20,23-24H,13-14,17-19H2,1-3H3,(H2,34,35,36). The quantitative estimate of drug-likeness (QED) is 0.228. The van der Waals surface area contributed by atoms with Gasteiger partial charge in [-0.1, -0.05) is 18.2 Å². The summed E-state index contributed by atoms with van der Waals surface area (Å²) in [5.74, 6) is 1.12. The van der Waals surface area contributed by atoms with Gasteiger partial charge in [0.2, 0.25) is 0 Å². The van der Waals surface area contributed by atoms with E-state index in [2.05, 4.69) is 20.9 Å². The van der Waals surface area contributed by atoms with Crippen LogP contribution in [0.2, 0.25) is 0 Å². The molecule has 2 N–H and O–H groups in total. The first kappa shape index (κ1) is 29.1. The lowest BCUT2D eigenvalue weighted by Crippen LogP contribution is -2.56. The van der Waals surface area contributed by atoms with Crippen molar-refractivity contribution >= 4 is 22.9 Å². The Hall–Kier alpha value is -4.99. The smallest absolute Gasteiger partial charge is 0.335 e. The van der Waals surface area contributed by atoms with Crippen LogP contribution in [0.5, 0.6) is 11.5 Å². The Labute approximate surface area is 254 Å². The van der Waals surface area contributed by atoms with Crippen molar-refractivity contribution in [3.63, 3.8) is 0 Å². The van der Waals surface area contributed by atoms with Crippen molar-refractivity contribution in [2.24, 2.45) is 0 Å². The maximum absolute atomic E-state index is 13.9. The zero-order valence-corrected chi connectivity index (χ0v) is 24.9. The molecule has 0 aliphatic carbocycles. The van der Waals surface area contributed by atoms with E-state index in [1.54, 1.807) is 35.2 Å². The third-order valence-electron chi connectivity index (χ3n) is 8.53. The first-order valence-corrected chi connectivity index (χ1v) is 14.5. The van der Waals surface area contributed by atoms with Crippen molar-refractivity contribution in [1.82, 2.24) is 28.9 Å². The van der Waals surface area contributed by atoms with Crippen LogP contribution in [0, 0.1) is 11.3 Å². The number of likely N-dealkylation sites (N-methyl/N-ethyl adjacent to an activating group) is 1. The summed E-state index contributed by atoms with van der Waals surface area (Å²) in [7, 11) is 1.97. The molecule has 2 aromatic carbocycles. The number of para-hydroxylation sites is 1. The lowest BCUT2D eigenvalue weighted by molar-refractivity contribution is -0.134. The van der Waals surface area contributed by atoms with Crippen LogP contribution in [0.15, 0.2) is 77.4 Å². The zero-order valence-electron chi connectivity index (χ0n) is 24.9. The molecule has 2 saturated heterocycles. The molecule has 2 aliphatic rings. The Balaban J connectivity index is 1.26. The summed E-state index contributed by atoms with van der Waals surface area (Å²) >= 11 is 0. The number of anilines is 1. The van der Waals surface area contributed by atoms with Crippen LogP contribution >= 0.6 is 0 Å². The summed E-state index contributed by atoms with van der Waals surface area (Å²) in [4.78, 5) is 39.7. The fourth-order valence-electron chi connectivity index (χ4n) is 5.57. The molecule has 0 spiro atoms. The van der Waals surface area contributed by atoms with Crippen LogP contribution in [-0.2, 0) is 16.1 Å². The lowest BCUT2D eigenvalue weighted by Gasteiger charge is -2.44. The minimum Gasteiger partial charge on any atom is -0.457 e. The number of nitriles is 1. The maximum Gasteiger partial charge on any atom is 0.335 e. The number of carbonyl (C=O) groups excluding carboxylic acids is 1. The van der Waals surface area contributed by atoms with E-state index < -0.39 is 5.54 Å². The molecule has 2 fully saturated rings. The van der Waals surface area contributed by atoms with E-state index in [0.717, 1.165) is 0 Å². The second-order valence-corrected chi connectivity index (χ2v) is 11.6. The van der Waals surface area contributed by atoms with E-state index in [0.29, 0.717) is 54.5 Å². The number of amides is 1. The van der Waals surface area contributed by atoms with E-state index in [1.807, 2.05) is 51.2 Å². The number of fused-ring (bicyclic) bond motifs is 1. The number of likely N-dealkylation sites (tertiary alicyclic amines) is 1. The molecular formula is C32H34N8O4. The monoisotopic (exact) mass is 594 g/mol. The number of nitrogens with zero attached hydrogens (tertiary/aromatic N) is 7. The van der Waals surface area contributed by atoms with Crippen LogP contribution in [0.3, 0.4) is 0 Å². The molecule has 12 nitrogen and oxygen atoms in total. The van der Waals surface area contributed by atoms with Crippen LogP contribution in [0.4, 0.5) is 5.82 Å². The SMILES string of the molecule is CN(C1COC1)C(C)(C)C=C(C#N)C(=O)N1CCC1Cn1c(=O)n(-c2ccc(Oc3ccccc3)cc2)c2c(N)ncnc21. The van der Waals surface area contributed by atoms with E-state index in [4.69, 9.17) is 15.2 Å². The van der Waals surface area contributed by atoms with Crippen LogP contribution in [0.25, 0.3) is 16.9 Å². The summed E-state index contributed by atoms with van der Waals surface area (Å²) in [6, 6.07) is 18.5. The number of rotatable bonds is 9. The van der Waals surface area contributed by atoms with Gasteiger partial charge in [0, 0.05) is 18.6 Å². The number of ether oxygens (including phenoxy) is 2. The molecule has 0 bridgehead atoms. The molecule has 12 heteroatoms. The first-order valence-electron chi connectivity index (χ1n) is 14.5. The molecule has 4 heterocycles. The molecule has 0 saturated carbocycles. The third kappa shape index (κ3) is 5.32. The van der Waals surface area contributed by atoms with E-state index >= 15 is 0 Å². The number of benzene rings is 2. The number of nitrogens with two attached hydrogens (primary N) is 1. The van der Waals surface area contributed by atoms with Crippen LogP contribution < -0.4 is 16.2 Å². The second-order valence-electron chi connectivity index (χ2n) is 11.6. The molecule has 2 aliphatic heterocycles. The maximum atomic E-state index is 13.9. The molecule has 1 unspecified atom stereocenters. The highest BCUT2D eigenvalue weighted by molar-refractivity contribution is 5.98. The Morgan fingerprint density at radius 1 is 1.16 bits per heavy atom. The summed E-state index contributed by atoms with van der Waals surface area (Å²) < 4.78 is 14.2. The van der Waals surface area contributed by atoms with Crippen molar-refractivity contribution in [3.8, 4) is 23.3 Å². The van der Waals surface area contributed by atoms with Crippen LogP contribution in [-0.4, -0.2) is 79.2 Å². The van der Waals surface area contributed by atoms with Crippen molar-refractivity contribution < 1.29 is 14.3 Å². The van der Waals surface area contributed by atoms with Gasteiger partial charge in [-0.25, -0.2) is 14.8 Å². The predicted molar refractivity (Wildman–Crippen MR) is 164 cm³/mol. The second kappa shape index (κ2) is 11.6. The largest absolute Gasteiger partial charge is 0.457 e. The van der Waals surface area contributed by atoms with Crippen molar-refractivity contribution in [1.29, 1.82) is 5.26 Å². The molecule has 2 aromatic heterocycles. The van der Waals surface area contributed by atoms with Gasteiger partial charge in [-0.2, -0.15) is 5.26 Å². The Bertz CT molecular complexity index is 1820. The van der Waals surface area contributed by atoms with Gasteiger partial charge in [0.15, 0.2) is 11.5 Å². The fraction of sp³-hybridized carbons (Fsp3) is 0.344. The van der Waals surface area contributed by atoms with Crippen molar-refractivity contribution in [2.45, 2.75) is 44.4 Å². The average molecular weight is 595 g/mol. The van der Waals surface area contributed by atoms with Gasteiger partial charge in [0.05, 0.1) is 31.0 Å². The van der Waals surface area contributed by atoms with Gasteiger partial charge in [-0.05, 0) is 69.8 Å². The number of hydrogen-bond donors (Lipinski definition) is 1. The Morgan fingerprint density at radius 3 is 2.48 bits per heavy atom. The predicted octanol–water partition coefficient (Wildman–Crippen LogP) is 3.12. The Kier molecular flexibility index (Phi) is 7.67. The van der Waals surface area contributed by atoms with Gasteiger partial charge < -0.3 is 20.1 Å². The summed E-state index contributed by atoms with van der Waals surface area (Å²) in [5.41, 5.74) is 6.78. The molecule has 0 radical (unpaired) electrons. The van der Waals surface area contributed by atoms with Gasteiger partial charge >= 0.3 is 5.69 Å². The summed E-state index contributed by atoms with van der Waals surface area (Å²) in [6.45, 7) is 5.88. The zero-order chi connectivity index (χ0) is 31.0. The number of nitrogen functional groups attached to an aromatic ring is 1. The van der Waals surface area contributed by atoms with Crippen molar-refractivity contribution in [3.05, 3.63) is 83.1 Å². The van der Waals surface area contributed by atoms with Crippen LogP contribution in [0.1, 0.15) is 20.3 Å². The molecule has 44 heavy (non-hydrogen) atoms. The third-order valence-corrected chi connectivity index (χ3v) is 8.53.